The van der Waals surface area contributed by atoms with Crippen molar-refractivity contribution < 1.29 is 4.79 Å². The van der Waals surface area contributed by atoms with Gasteiger partial charge in [-0.25, -0.2) is 4.98 Å². The third kappa shape index (κ3) is 4.14. The minimum atomic E-state index is -0.535. The number of aromatic nitrogens is 3. The molecule has 1 heterocycles. The van der Waals surface area contributed by atoms with Crippen molar-refractivity contribution in [1.82, 2.24) is 25.4 Å². The number of hydrogen-bond acceptors (Lipinski definition) is 4. The first kappa shape index (κ1) is 13.6. The van der Waals surface area contributed by atoms with Crippen LogP contribution in [0.4, 0.5) is 0 Å². The van der Waals surface area contributed by atoms with Crippen molar-refractivity contribution in [3.63, 3.8) is 0 Å². The molecule has 1 aromatic heterocycles. The molecule has 0 saturated heterocycles. The van der Waals surface area contributed by atoms with Crippen molar-refractivity contribution in [3.05, 3.63) is 12.2 Å². The lowest BCUT2D eigenvalue weighted by atomic mass is 10.0. The molecule has 96 valence electrons. The molecule has 0 fully saturated rings. The van der Waals surface area contributed by atoms with Gasteiger partial charge in [-0.3, -0.25) is 9.48 Å². The number of rotatable bonds is 6. The number of hydrogen-bond donors (Lipinski definition) is 2. The van der Waals surface area contributed by atoms with E-state index < -0.39 is 5.54 Å². The highest BCUT2D eigenvalue weighted by atomic mass is 16.2. The van der Waals surface area contributed by atoms with Gasteiger partial charge in [0, 0.05) is 20.0 Å². The molecular weight excluding hydrogens is 218 g/mol. The predicted octanol–water partition coefficient (Wildman–Crippen LogP) is -0.138. The maximum atomic E-state index is 11.8. The van der Waals surface area contributed by atoms with Crippen LogP contribution >= 0.6 is 0 Å². The average Bonchev–Trinajstić information content (AvgIpc) is 2.64. The lowest BCUT2D eigenvalue weighted by Crippen LogP contribution is -2.52. The molecule has 0 bridgehead atoms. The quantitative estimate of drug-likeness (QED) is 0.725. The average molecular weight is 239 g/mol. The van der Waals surface area contributed by atoms with Crippen molar-refractivity contribution in [2.24, 2.45) is 7.05 Å². The normalized spacial score (nSPS) is 11.5. The maximum absolute atomic E-state index is 11.8. The van der Waals surface area contributed by atoms with E-state index in [2.05, 4.69) is 20.7 Å². The summed E-state index contributed by atoms with van der Waals surface area (Å²) < 4.78 is 1.65. The zero-order chi connectivity index (χ0) is 12.9. The van der Waals surface area contributed by atoms with Crippen LogP contribution in [0.1, 0.15) is 26.6 Å². The van der Waals surface area contributed by atoms with E-state index in [9.17, 15) is 4.79 Å². The maximum Gasteiger partial charge on any atom is 0.239 e. The molecule has 0 saturated carbocycles. The Morgan fingerprint density at radius 3 is 2.76 bits per heavy atom. The molecule has 0 aliphatic heterocycles. The van der Waals surface area contributed by atoms with Crippen LogP contribution in [0, 0.1) is 0 Å². The lowest BCUT2D eigenvalue weighted by Gasteiger charge is -2.24. The van der Waals surface area contributed by atoms with Gasteiger partial charge in [0.05, 0.1) is 5.54 Å². The van der Waals surface area contributed by atoms with Crippen LogP contribution in [0.5, 0.6) is 0 Å². The van der Waals surface area contributed by atoms with Gasteiger partial charge < -0.3 is 10.6 Å². The van der Waals surface area contributed by atoms with E-state index in [0.717, 1.165) is 12.4 Å². The van der Waals surface area contributed by atoms with Gasteiger partial charge >= 0.3 is 0 Å². The summed E-state index contributed by atoms with van der Waals surface area (Å²) in [5.74, 6) is 0.740. The van der Waals surface area contributed by atoms with E-state index in [1.807, 2.05) is 27.8 Å². The Balaban J connectivity index is 2.33. The largest absolute Gasteiger partial charge is 0.354 e. The fraction of sp³-hybridized carbons (Fsp3) is 0.727. The van der Waals surface area contributed by atoms with Gasteiger partial charge in [-0.2, -0.15) is 5.10 Å². The predicted molar refractivity (Wildman–Crippen MR) is 65.5 cm³/mol. The smallest absolute Gasteiger partial charge is 0.239 e. The summed E-state index contributed by atoms with van der Waals surface area (Å²) in [6, 6.07) is 0. The van der Waals surface area contributed by atoms with Crippen LogP contribution in [0.3, 0.4) is 0 Å². The van der Waals surface area contributed by atoms with Gasteiger partial charge in [0.2, 0.25) is 5.91 Å². The highest BCUT2D eigenvalue weighted by Gasteiger charge is 2.25. The van der Waals surface area contributed by atoms with Gasteiger partial charge in [-0.05, 0) is 20.4 Å². The van der Waals surface area contributed by atoms with Gasteiger partial charge in [0.15, 0.2) is 5.82 Å². The Hall–Kier alpha value is -1.43. The van der Waals surface area contributed by atoms with Gasteiger partial charge in [-0.1, -0.05) is 6.92 Å². The summed E-state index contributed by atoms with van der Waals surface area (Å²) >= 11 is 0. The molecule has 1 rings (SSSR count). The van der Waals surface area contributed by atoms with Crippen LogP contribution in [0.2, 0.25) is 0 Å². The highest BCUT2D eigenvalue weighted by molar-refractivity contribution is 5.85. The van der Waals surface area contributed by atoms with E-state index in [-0.39, 0.29) is 5.91 Å². The van der Waals surface area contributed by atoms with Crippen molar-refractivity contribution in [2.45, 2.75) is 32.7 Å². The van der Waals surface area contributed by atoms with E-state index in [4.69, 9.17) is 0 Å². The minimum absolute atomic E-state index is 0.00437. The molecule has 2 N–H and O–H groups in total. The highest BCUT2D eigenvalue weighted by Crippen LogP contribution is 2.01. The number of nitrogens with one attached hydrogen (secondary N) is 2. The zero-order valence-corrected chi connectivity index (χ0v) is 10.9. The van der Waals surface area contributed by atoms with Crippen LogP contribution < -0.4 is 10.6 Å². The van der Waals surface area contributed by atoms with Crippen molar-refractivity contribution in [2.75, 3.05) is 13.1 Å². The van der Waals surface area contributed by atoms with Crippen molar-refractivity contribution in [1.29, 1.82) is 0 Å². The molecule has 0 aliphatic carbocycles. The topological polar surface area (TPSA) is 71.8 Å². The molecular formula is C11H21N5O. The van der Waals surface area contributed by atoms with Crippen LogP contribution in [-0.2, 0) is 18.3 Å². The standard InChI is InChI=1S/C11H21N5O/c1-5-14-11(2,3)10(17)12-7-6-9-13-8-16(4)15-9/h8,14H,5-7H2,1-4H3,(H,12,17). The number of amides is 1. The minimum Gasteiger partial charge on any atom is -0.354 e. The Morgan fingerprint density at radius 2 is 2.24 bits per heavy atom. The van der Waals surface area contributed by atoms with E-state index in [1.165, 1.54) is 0 Å². The summed E-state index contributed by atoms with van der Waals surface area (Å²) in [5.41, 5.74) is -0.535. The molecule has 1 aromatic rings. The summed E-state index contributed by atoms with van der Waals surface area (Å²) in [6.45, 7) is 7.03. The second kappa shape index (κ2) is 5.77. The van der Waals surface area contributed by atoms with E-state index in [1.54, 1.807) is 11.0 Å². The molecule has 1 amide bonds. The first-order chi connectivity index (χ1) is 7.95. The monoisotopic (exact) mass is 239 g/mol. The number of carbonyl (C=O) groups excluding carboxylic acids is 1. The number of nitrogens with zero attached hydrogens (tertiary/aromatic N) is 3. The summed E-state index contributed by atoms with van der Waals surface area (Å²) in [5, 5.41) is 10.1. The Labute approximate surface area is 102 Å². The fourth-order valence-electron chi connectivity index (χ4n) is 1.53. The number of likely N-dealkylation sites (N-methyl/N-ethyl adjacent to an activating group) is 1. The molecule has 0 unspecified atom stereocenters. The fourth-order valence-corrected chi connectivity index (χ4v) is 1.53. The van der Waals surface area contributed by atoms with Crippen molar-refractivity contribution >= 4 is 5.91 Å². The zero-order valence-electron chi connectivity index (χ0n) is 10.9. The number of aryl methyl sites for hydroxylation is 1. The Kier molecular flexibility index (Phi) is 4.62. The third-order valence-corrected chi connectivity index (χ3v) is 2.47. The lowest BCUT2D eigenvalue weighted by molar-refractivity contribution is -0.126. The first-order valence-electron chi connectivity index (χ1n) is 5.83. The number of carbonyl (C=O) groups is 1. The second-order valence-electron chi connectivity index (χ2n) is 4.50. The van der Waals surface area contributed by atoms with Crippen LogP contribution in [0.25, 0.3) is 0 Å². The third-order valence-electron chi connectivity index (χ3n) is 2.47. The SMILES string of the molecule is CCNC(C)(C)C(=O)NCCc1ncn(C)n1. The molecule has 17 heavy (non-hydrogen) atoms. The van der Waals surface area contributed by atoms with E-state index in [0.29, 0.717) is 13.0 Å². The Morgan fingerprint density at radius 1 is 1.53 bits per heavy atom. The summed E-state index contributed by atoms with van der Waals surface area (Å²) in [6.07, 6.45) is 2.30. The first-order valence-corrected chi connectivity index (χ1v) is 5.83. The van der Waals surface area contributed by atoms with Crippen molar-refractivity contribution in [3.8, 4) is 0 Å². The van der Waals surface area contributed by atoms with Gasteiger partial charge in [0.1, 0.15) is 6.33 Å². The summed E-state index contributed by atoms with van der Waals surface area (Å²) in [7, 11) is 1.82. The molecule has 0 atom stereocenters. The molecule has 0 spiro atoms. The van der Waals surface area contributed by atoms with Gasteiger partial charge in [0.25, 0.3) is 0 Å². The summed E-state index contributed by atoms with van der Waals surface area (Å²) in [4.78, 5) is 15.9. The van der Waals surface area contributed by atoms with Crippen LogP contribution in [0.15, 0.2) is 6.33 Å². The van der Waals surface area contributed by atoms with E-state index >= 15 is 0 Å². The van der Waals surface area contributed by atoms with Crippen LogP contribution in [-0.4, -0.2) is 39.3 Å². The molecule has 0 aliphatic rings. The molecule has 6 heteroatoms. The molecule has 0 radical (unpaired) electrons. The molecule has 6 nitrogen and oxygen atoms in total. The molecule has 0 aromatic carbocycles. The van der Waals surface area contributed by atoms with Gasteiger partial charge in [-0.15, -0.1) is 0 Å². The Bertz CT molecular complexity index is 372. The second-order valence-corrected chi connectivity index (χ2v) is 4.50.